The number of hydrogen-bond acceptors (Lipinski definition) is 3. The van der Waals surface area contributed by atoms with Gasteiger partial charge in [0.05, 0.1) is 16.6 Å². The summed E-state index contributed by atoms with van der Waals surface area (Å²) in [5.74, 6) is 0.967. The normalized spacial score (nSPS) is 20.8. The van der Waals surface area contributed by atoms with Crippen LogP contribution in [-0.2, 0) is 0 Å². The molecule has 5 nitrogen and oxygen atoms in total. The molecule has 0 amide bonds. The molecule has 0 saturated heterocycles. The lowest BCUT2D eigenvalue weighted by molar-refractivity contribution is 0.0697. The summed E-state index contributed by atoms with van der Waals surface area (Å²) in [4.78, 5) is 16.3. The fourth-order valence-corrected chi connectivity index (χ4v) is 5.26. The molecule has 2 atom stereocenters. The predicted molar refractivity (Wildman–Crippen MR) is 126 cm³/mol. The van der Waals surface area contributed by atoms with Crippen LogP contribution < -0.4 is 5.32 Å². The summed E-state index contributed by atoms with van der Waals surface area (Å²) in [5.41, 5.74) is 4.52. The Morgan fingerprint density at radius 2 is 1.87 bits per heavy atom. The van der Waals surface area contributed by atoms with Crippen LogP contribution >= 0.6 is 0 Å². The summed E-state index contributed by atoms with van der Waals surface area (Å²) < 4.78 is 2.30. The van der Waals surface area contributed by atoms with Crippen LogP contribution in [0.15, 0.2) is 42.5 Å². The topological polar surface area (TPSA) is 67.2 Å². The highest BCUT2D eigenvalue weighted by Crippen LogP contribution is 2.46. The monoisotopic (exact) mass is 419 g/mol. The van der Waals surface area contributed by atoms with Gasteiger partial charge >= 0.3 is 5.97 Å². The van der Waals surface area contributed by atoms with E-state index in [4.69, 9.17) is 4.98 Å². The van der Waals surface area contributed by atoms with Gasteiger partial charge < -0.3 is 15.0 Å². The largest absolute Gasteiger partial charge is 0.478 e. The molecule has 2 unspecified atom stereocenters. The van der Waals surface area contributed by atoms with Crippen LogP contribution in [0.2, 0.25) is 0 Å². The van der Waals surface area contributed by atoms with E-state index in [9.17, 15) is 9.90 Å². The summed E-state index contributed by atoms with van der Waals surface area (Å²) in [6, 6.07) is 14.1. The van der Waals surface area contributed by atoms with Gasteiger partial charge in [-0.05, 0) is 72.4 Å². The van der Waals surface area contributed by atoms with Crippen molar-refractivity contribution in [2.24, 2.45) is 11.3 Å². The van der Waals surface area contributed by atoms with E-state index in [1.807, 2.05) is 6.07 Å². The molecule has 1 saturated carbocycles. The van der Waals surface area contributed by atoms with Gasteiger partial charge in [0, 0.05) is 11.7 Å². The first-order chi connectivity index (χ1) is 14.6. The van der Waals surface area contributed by atoms with Gasteiger partial charge in [0.1, 0.15) is 0 Å². The molecule has 0 spiro atoms. The first-order valence-electron chi connectivity index (χ1n) is 11.3. The quantitative estimate of drug-likeness (QED) is 0.468. The van der Waals surface area contributed by atoms with Crippen molar-refractivity contribution in [3.63, 3.8) is 0 Å². The van der Waals surface area contributed by atoms with Crippen LogP contribution in [0.1, 0.15) is 81.8 Å². The third-order valence-corrected chi connectivity index (χ3v) is 6.50. The molecular formula is C26H33N3O2. The highest BCUT2D eigenvalue weighted by Gasteiger charge is 2.34. The number of benzene rings is 2. The van der Waals surface area contributed by atoms with Crippen molar-refractivity contribution in [1.29, 1.82) is 0 Å². The highest BCUT2D eigenvalue weighted by atomic mass is 16.4. The molecule has 1 aliphatic carbocycles. The third-order valence-electron chi connectivity index (χ3n) is 6.50. The first-order valence-corrected chi connectivity index (χ1v) is 11.3. The molecule has 0 bridgehead atoms. The molecule has 1 heterocycles. The van der Waals surface area contributed by atoms with Crippen LogP contribution in [0.5, 0.6) is 0 Å². The zero-order chi connectivity index (χ0) is 22.3. The van der Waals surface area contributed by atoms with E-state index in [-0.39, 0.29) is 11.0 Å². The Morgan fingerprint density at radius 3 is 2.48 bits per heavy atom. The lowest BCUT2D eigenvalue weighted by Crippen LogP contribution is -2.29. The number of carboxylic acids is 1. The number of aromatic carboxylic acids is 1. The van der Waals surface area contributed by atoms with E-state index in [1.165, 1.54) is 12.0 Å². The van der Waals surface area contributed by atoms with Crippen molar-refractivity contribution in [3.8, 4) is 0 Å². The first kappa shape index (κ1) is 21.4. The van der Waals surface area contributed by atoms with Crippen molar-refractivity contribution in [3.05, 3.63) is 53.6 Å². The van der Waals surface area contributed by atoms with Gasteiger partial charge in [-0.25, -0.2) is 9.78 Å². The molecule has 0 aliphatic heterocycles. The van der Waals surface area contributed by atoms with Gasteiger partial charge in [-0.3, -0.25) is 0 Å². The molecule has 1 fully saturated rings. The van der Waals surface area contributed by atoms with E-state index < -0.39 is 5.97 Å². The number of carbonyl (C=O) groups is 1. The second-order valence-corrected chi connectivity index (χ2v) is 10.3. The Labute approximate surface area is 184 Å². The van der Waals surface area contributed by atoms with E-state index in [2.05, 4.69) is 68.8 Å². The van der Waals surface area contributed by atoms with Gasteiger partial charge in [-0.2, -0.15) is 0 Å². The number of imidazole rings is 1. The van der Waals surface area contributed by atoms with Gasteiger partial charge in [-0.15, -0.1) is 0 Å². The summed E-state index contributed by atoms with van der Waals surface area (Å²) in [7, 11) is 0. The maximum absolute atomic E-state index is 11.5. The number of anilines is 2. The lowest BCUT2D eigenvalue weighted by Gasteiger charge is -2.40. The van der Waals surface area contributed by atoms with Crippen LogP contribution in [0.4, 0.5) is 11.6 Å². The number of carboxylic acid groups (broad SMARTS) is 1. The van der Waals surface area contributed by atoms with Crippen LogP contribution in [0, 0.1) is 11.3 Å². The molecule has 4 rings (SSSR count). The lowest BCUT2D eigenvalue weighted by atomic mass is 9.70. The van der Waals surface area contributed by atoms with E-state index in [0.29, 0.717) is 17.9 Å². The van der Waals surface area contributed by atoms with E-state index in [1.54, 1.807) is 12.1 Å². The maximum Gasteiger partial charge on any atom is 0.335 e. The Morgan fingerprint density at radius 1 is 1.16 bits per heavy atom. The number of hydrogen-bond donors (Lipinski definition) is 2. The predicted octanol–water partition coefficient (Wildman–Crippen LogP) is 6.99. The Hall–Kier alpha value is -2.82. The SMILES string of the molecule is CC1CC(n2c(Nc3ccc(C(C)C)cc3)nc3cc(C(=O)O)ccc32)CC(C)(C)C1. The maximum atomic E-state index is 11.5. The highest BCUT2D eigenvalue weighted by molar-refractivity contribution is 5.93. The van der Waals surface area contributed by atoms with Gasteiger partial charge in [0.15, 0.2) is 0 Å². The molecular weight excluding hydrogens is 386 g/mol. The smallest absolute Gasteiger partial charge is 0.335 e. The van der Waals surface area contributed by atoms with Crippen molar-refractivity contribution in [2.45, 2.75) is 65.8 Å². The van der Waals surface area contributed by atoms with E-state index >= 15 is 0 Å². The average Bonchev–Trinajstić information content (AvgIpc) is 3.03. The van der Waals surface area contributed by atoms with Crippen LogP contribution in [0.25, 0.3) is 11.0 Å². The van der Waals surface area contributed by atoms with E-state index in [0.717, 1.165) is 35.5 Å². The molecule has 0 radical (unpaired) electrons. The second kappa shape index (κ2) is 8.03. The zero-order valence-electron chi connectivity index (χ0n) is 19.1. The van der Waals surface area contributed by atoms with Crippen molar-refractivity contribution < 1.29 is 9.90 Å². The minimum absolute atomic E-state index is 0.260. The summed E-state index contributed by atoms with van der Waals surface area (Å²) in [5, 5.41) is 12.9. The fraction of sp³-hybridized carbons (Fsp3) is 0.462. The van der Waals surface area contributed by atoms with Gasteiger partial charge in [0.25, 0.3) is 0 Å². The molecule has 2 aromatic carbocycles. The minimum Gasteiger partial charge on any atom is -0.478 e. The van der Waals surface area contributed by atoms with Gasteiger partial charge in [0.2, 0.25) is 5.95 Å². The van der Waals surface area contributed by atoms with Crippen molar-refractivity contribution in [2.75, 3.05) is 5.32 Å². The molecule has 31 heavy (non-hydrogen) atoms. The Kier molecular flexibility index (Phi) is 5.54. The zero-order valence-corrected chi connectivity index (χ0v) is 19.1. The average molecular weight is 420 g/mol. The molecule has 5 heteroatoms. The van der Waals surface area contributed by atoms with Crippen molar-refractivity contribution in [1.82, 2.24) is 9.55 Å². The number of rotatable bonds is 5. The summed E-state index contributed by atoms with van der Waals surface area (Å²) in [6.45, 7) is 11.4. The molecule has 1 aromatic heterocycles. The Balaban J connectivity index is 1.78. The number of fused-ring (bicyclic) bond motifs is 1. The van der Waals surface area contributed by atoms with Crippen LogP contribution in [-0.4, -0.2) is 20.6 Å². The standard InChI is InChI=1S/C26H33N3O2/c1-16(2)18-6-9-20(10-7-18)27-25-28-22-13-19(24(30)31)8-11-23(22)29(25)21-12-17(3)14-26(4,5)15-21/h6-11,13,16-17,21H,12,14-15H2,1-5H3,(H,27,28)(H,30,31). The van der Waals surface area contributed by atoms with Crippen LogP contribution in [0.3, 0.4) is 0 Å². The molecule has 3 aromatic rings. The third kappa shape index (κ3) is 4.46. The minimum atomic E-state index is -0.928. The molecule has 2 N–H and O–H groups in total. The Bertz CT molecular complexity index is 1100. The molecule has 1 aliphatic rings. The van der Waals surface area contributed by atoms with Crippen molar-refractivity contribution >= 4 is 28.6 Å². The fourth-order valence-electron chi connectivity index (χ4n) is 5.26. The summed E-state index contributed by atoms with van der Waals surface area (Å²) in [6.07, 6.45) is 3.39. The summed E-state index contributed by atoms with van der Waals surface area (Å²) >= 11 is 0. The second-order valence-electron chi connectivity index (χ2n) is 10.3. The number of nitrogens with one attached hydrogen (secondary N) is 1. The molecule has 164 valence electrons. The number of nitrogens with zero attached hydrogens (tertiary/aromatic N) is 2. The number of aromatic nitrogens is 2. The van der Waals surface area contributed by atoms with Gasteiger partial charge in [-0.1, -0.05) is 46.8 Å².